The minimum Gasteiger partial charge on any atom is -0.309 e. The van der Waals surface area contributed by atoms with Gasteiger partial charge in [0.1, 0.15) is 11.3 Å². The number of imidazole rings is 1. The van der Waals surface area contributed by atoms with E-state index >= 15 is 0 Å². The summed E-state index contributed by atoms with van der Waals surface area (Å²) in [4.78, 5) is 4.65. The van der Waals surface area contributed by atoms with Crippen LogP contribution in [0.25, 0.3) is 11.2 Å². The third-order valence-corrected chi connectivity index (χ3v) is 3.85. The highest BCUT2D eigenvalue weighted by Gasteiger charge is 2.22. The average molecular weight is 269 g/mol. The van der Waals surface area contributed by atoms with Crippen LogP contribution in [-0.4, -0.2) is 19.3 Å². The van der Waals surface area contributed by atoms with E-state index in [4.69, 9.17) is 11.6 Å². The molecular formula is C13H21ClN4. The van der Waals surface area contributed by atoms with Crippen LogP contribution >= 0.6 is 11.6 Å². The molecule has 0 amide bonds. The molecule has 4 nitrogen and oxygen atoms in total. The third kappa shape index (κ3) is 1.92. The molecule has 100 valence electrons. The maximum atomic E-state index is 6.04. The molecule has 0 aliphatic heterocycles. The lowest BCUT2D eigenvalue weighted by atomic mass is 10.1. The molecule has 0 spiro atoms. The van der Waals surface area contributed by atoms with Crippen molar-refractivity contribution in [3.05, 3.63) is 11.5 Å². The first-order valence-corrected chi connectivity index (χ1v) is 7.04. The largest absolute Gasteiger partial charge is 0.309 e. The first-order valence-electron chi connectivity index (χ1n) is 6.51. The van der Waals surface area contributed by atoms with Gasteiger partial charge in [0.15, 0.2) is 5.65 Å². The summed E-state index contributed by atoms with van der Waals surface area (Å²) >= 11 is 6.04. The molecule has 0 aliphatic rings. The quantitative estimate of drug-likeness (QED) is 0.796. The van der Waals surface area contributed by atoms with Crippen LogP contribution in [0.1, 0.15) is 45.3 Å². The van der Waals surface area contributed by atoms with Crippen LogP contribution in [0, 0.1) is 12.8 Å². The first kappa shape index (κ1) is 13.4. The number of halogens is 1. The summed E-state index contributed by atoms with van der Waals surface area (Å²) in [5.74, 6) is 1.91. The molecule has 0 aromatic carbocycles. The van der Waals surface area contributed by atoms with Gasteiger partial charge in [-0.2, -0.15) is 5.10 Å². The van der Waals surface area contributed by atoms with Crippen molar-refractivity contribution in [1.29, 1.82) is 0 Å². The van der Waals surface area contributed by atoms with Crippen molar-refractivity contribution in [3.8, 4) is 0 Å². The fourth-order valence-electron chi connectivity index (χ4n) is 2.28. The summed E-state index contributed by atoms with van der Waals surface area (Å²) in [6.07, 6.45) is 0. The molecule has 2 heterocycles. The van der Waals surface area contributed by atoms with Crippen LogP contribution in [0.2, 0.25) is 0 Å². The molecule has 0 aliphatic carbocycles. The predicted molar refractivity (Wildman–Crippen MR) is 75.0 cm³/mol. The summed E-state index contributed by atoms with van der Waals surface area (Å²) in [5.41, 5.74) is 3.07. The Balaban J connectivity index is 2.74. The van der Waals surface area contributed by atoms with Crippen LogP contribution in [0.15, 0.2) is 0 Å². The monoisotopic (exact) mass is 268 g/mol. The van der Waals surface area contributed by atoms with Gasteiger partial charge in [0.25, 0.3) is 0 Å². The fraction of sp³-hybridized carbons (Fsp3) is 0.692. The molecule has 0 radical (unpaired) electrons. The predicted octanol–water partition coefficient (Wildman–Crippen LogP) is 3.52. The van der Waals surface area contributed by atoms with E-state index in [0.717, 1.165) is 29.2 Å². The van der Waals surface area contributed by atoms with Crippen LogP contribution in [0.4, 0.5) is 0 Å². The highest BCUT2D eigenvalue weighted by atomic mass is 35.5. The zero-order chi connectivity index (χ0) is 13.4. The number of rotatable bonds is 4. The lowest BCUT2D eigenvalue weighted by molar-refractivity contribution is 0.402. The zero-order valence-corrected chi connectivity index (χ0v) is 12.5. The Kier molecular flexibility index (Phi) is 3.66. The standard InChI is InChI=1S/C13H21ClN4/c1-6-17-13-12(9(4)16-17)15-11(7-14)18(13)10(5)8(2)3/h8,10H,6-7H2,1-5H3. The Morgan fingerprint density at radius 1 is 1.28 bits per heavy atom. The van der Waals surface area contributed by atoms with Gasteiger partial charge >= 0.3 is 0 Å². The van der Waals surface area contributed by atoms with E-state index in [2.05, 4.69) is 42.3 Å². The molecule has 2 aromatic rings. The van der Waals surface area contributed by atoms with Crippen molar-refractivity contribution in [1.82, 2.24) is 19.3 Å². The second kappa shape index (κ2) is 4.92. The van der Waals surface area contributed by atoms with Crippen molar-refractivity contribution in [3.63, 3.8) is 0 Å². The summed E-state index contributed by atoms with van der Waals surface area (Å²) in [6.45, 7) is 11.6. The molecule has 0 saturated carbocycles. The van der Waals surface area contributed by atoms with Gasteiger partial charge in [-0.3, -0.25) is 0 Å². The maximum absolute atomic E-state index is 6.04. The van der Waals surface area contributed by atoms with E-state index in [1.165, 1.54) is 0 Å². The summed E-state index contributed by atoms with van der Waals surface area (Å²) in [5, 5.41) is 4.54. The third-order valence-electron chi connectivity index (χ3n) is 3.61. The molecular weight excluding hydrogens is 248 g/mol. The first-order chi connectivity index (χ1) is 8.51. The number of hydrogen-bond acceptors (Lipinski definition) is 2. The maximum Gasteiger partial charge on any atom is 0.159 e. The average Bonchev–Trinajstić information content (AvgIpc) is 2.86. The molecule has 5 heteroatoms. The molecule has 1 atom stereocenters. The van der Waals surface area contributed by atoms with E-state index in [-0.39, 0.29) is 0 Å². The minimum atomic E-state index is 0.366. The van der Waals surface area contributed by atoms with Crippen molar-refractivity contribution in [2.45, 2.75) is 53.1 Å². The van der Waals surface area contributed by atoms with Gasteiger partial charge in [-0.1, -0.05) is 13.8 Å². The summed E-state index contributed by atoms with van der Waals surface area (Å²) in [6, 6.07) is 0.366. The van der Waals surface area contributed by atoms with Crippen molar-refractivity contribution in [2.75, 3.05) is 0 Å². The van der Waals surface area contributed by atoms with Gasteiger partial charge in [0.2, 0.25) is 0 Å². The van der Waals surface area contributed by atoms with Crippen molar-refractivity contribution >= 4 is 22.8 Å². The highest BCUT2D eigenvalue weighted by Crippen LogP contribution is 2.28. The van der Waals surface area contributed by atoms with Gasteiger partial charge in [-0.15, -0.1) is 11.6 Å². The number of fused-ring (bicyclic) bond motifs is 1. The Bertz CT molecular complexity index is 553. The lowest BCUT2D eigenvalue weighted by Gasteiger charge is -2.20. The number of alkyl halides is 1. The lowest BCUT2D eigenvalue weighted by Crippen LogP contribution is -2.16. The second-order valence-corrected chi connectivity index (χ2v) is 5.36. The van der Waals surface area contributed by atoms with Gasteiger partial charge in [0.05, 0.1) is 11.6 Å². The smallest absolute Gasteiger partial charge is 0.159 e. The molecule has 0 bridgehead atoms. The molecule has 0 N–H and O–H groups in total. The normalized spacial score (nSPS) is 13.7. The zero-order valence-electron chi connectivity index (χ0n) is 11.7. The molecule has 1 unspecified atom stereocenters. The highest BCUT2D eigenvalue weighted by molar-refractivity contribution is 6.16. The number of aromatic nitrogens is 4. The van der Waals surface area contributed by atoms with E-state index in [0.29, 0.717) is 17.8 Å². The number of hydrogen-bond donors (Lipinski definition) is 0. The Hall–Kier alpha value is -1.03. The van der Waals surface area contributed by atoms with Crippen molar-refractivity contribution < 1.29 is 0 Å². The van der Waals surface area contributed by atoms with Crippen LogP contribution in [-0.2, 0) is 12.4 Å². The van der Waals surface area contributed by atoms with Crippen molar-refractivity contribution in [2.24, 2.45) is 5.92 Å². The SMILES string of the molecule is CCn1nc(C)c2nc(CCl)n(C(C)C(C)C)c21. The van der Waals surface area contributed by atoms with Crippen LogP contribution < -0.4 is 0 Å². The van der Waals surface area contributed by atoms with Crippen LogP contribution in [0.5, 0.6) is 0 Å². The van der Waals surface area contributed by atoms with E-state index in [1.54, 1.807) is 0 Å². The van der Waals surface area contributed by atoms with Gasteiger partial charge in [-0.25, -0.2) is 9.67 Å². The van der Waals surface area contributed by atoms with E-state index in [9.17, 15) is 0 Å². The van der Waals surface area contributed by atoms with Crippen LogP contribution in [0.3, 0.4) is 0 Å². The Morgan fingerprint density at radius 3 is 2.44 bits per heavy atom. The number of aryl methyl sites for hydroxylation is 2. The van der Waals surface area contributed by atoms with E-state index in [1.807, 2.05) is 11.6 Å². The van der Waals surface area contributed by atoms with Gasteiger partial charge in [-0.05, 0) is 26.7 Å². The molecule has 2 aromatic heterocycles. The minimum absolute atomic E-state index is 0.366. The van der Waals surface area contributed by atoms with E-state index < -0.39 is 0 Å². The summed E-state index contributed by atoms with van der Waals surface area (Å²) in [7, 11) is 0. The Morgan fingerprint density at radius 2 is 1.94 bits per heavy atom. The molecule has 18 heavy (non-hydrogen) atoms. The van der Waals surface area contributed by atoms with Gasteiger partial charge in [0, 0.05) is 12.6 Å². The Labute approximate surface area is 113 Å². The second-order valence-electron chi connectivity index (χ2n) is 5.09. The molecule has 0 fully saturated rings. The molecule has 2 rings (SSSR count). The molecule has 0 saturated heterocycles. The number of nitrogens with zero attached hydrogens (tertiary/aromatic N) is 4. The fourth-order valence-corrected chi connectivity index (χ4v) is 2.46. The summed E-state index contributed by atoms with van der Waals surface area (Å²) < 4.78 is 4.27. The topological polar surface area (TPSA) is 35.6 Å². The van der Waals surface area contributed by atoms with Gasteiger partial charge < -0.3 is 4.57 Å².